The third kappa shape index (κ3) is 7.57. The third-order valence-electron chi connectivity index (χ3n) is 6.67. The molecule has 2 aromatic carbocycles. The summed E-state index contributed by atoms with van der Waals surface area (Å²) < 4.78 is 17.4. The molecular formula is C30H38N2O5S. The molecule has 0 aliphatic carbocycles. The van der Waals surface area contributed by atoms with Crippen LogP contribution in [0.25, 0.3) is 0 Å². The maximum absolute atomic E-state index is 13.6. The number of ether oxygens (including phenoxy) is 3. The summed E-state index contributed by atoms with van der Waals surface area (Å²) in [6, 6.07) is 19.4. The topological polar surface area (TPSA) is 71.5 Å². The first-order valence-electron chi connectivity index (χ1n) is 13.2. The number of carbonyl (C=O) groups excluding carboxylic acids is 1. The number of benzene rings is 2. The number of rotatable bonds is 14. The number of methoxy groups -OCH3 is 1. The number of hydrogen-bond acceptors (Lipinski definition) is 7. The minimum absolute atomic E-state index is 0.0429. The van der Waals surface area contributed by atoms with Gasteiger partial charge in [-0.2, -0.15) is 0 Å². The van der Waals surface area contributed by atoms with Crippen LogP contribution in [0.2, 0.25) is 0 Å². The molecule has 8 heteroatoms. The van der Waals surface area contributed by atoms with Gasteiger partial charge in [0.05, 0.1) is 39.0 Å². The highest BCUT2D eigenvalue weighted by molar-refractivity contribution is 7.10. The molecule has 1 amide bonds. The quantitative estimate of drug-likeness (QED) is 0.325. The van der Waals surface area contributed by atoms with E-state index >= 15 is 0 Å². The Bertz CT molecular complexity index is 1140. The number of amides is 1. The van der Waals surface area contributed by atoms with Gasteiger partial charge in [-0.3, -0.25) is 9.69 Å². The summed E-state index contributed by atoms with van der Waals surface area (Å²) in [5.41, 5.74) is 2.22. The van der Waals surface area contributed by atoms with Gasteiger partial charge in [0.25, 0.3) is 0 Å². The van der Waals surface area contributed by atoms with E-state index in [0.29, 0.717) is 37.8 Å². The molecule has 0 radical (unpaired) electrons. The van der Waals surface area contributed by atoms with E-state index in [1.807, 2.05) is 64.4 Å². The molecule has 2 heterocycles. The zero-order valence-electron chi connectivity index (χ0n) is 22.3. The molecule has 1 aromatic heterocycles. The van der Waals surface area contributed by atoms with Gasteiger partial charge in [0.2, 0.25) is 5.91 Å². The van der Waals surface area contributed by atoms with Gasteiger partial charge in [-0.05, 0) is 54.1 Å². The molecule has 0 fully saturated rings. The predicted octanol–water partition coefficient (Wildman–Crippen LogP) is 4.55. The SMILES string of the molecule is CCCN(CC(=O)N1CCc2sccc2[C@H]1COc1ccccc1OC)C[C@@H](O)COCc1ccccc1. The molecule has 1 aliphatic rings. The van der Waals surface area contributed by atoms with Gasteiger partial charge in [-0.15, -0.1) is 11.3 Å². The van der Waals surface area contributed by atoms with E-state index < -0.39 is 6.10 Å². The van der Waals surface area contributed by atoms with Crippen LogP contribution in [-0.2, 0) is 22.6 Å². The van der Waals surface area contributed by atoms with E-state index in [4.69, 9.17) is 14.2 Å². The molecule has 0 unspecified atom stereocenters. The Morgan fingerprint density at radius 3 is 2.66 bits per heavy atom. The summed E-state index contributed by atoms with van der Waals surface area (Å²) >= 11 is 1.73. The highest BCUT2D eigenvalue weighted by atomic mass is 32.1. The molecule has 0 spiro atoms. The third-order valence-corrected chi connectivity index (χ3v) is 7.67. The normalized spacial score (nSPS) is 15.8. The van der Waals surface area contributed by atoms with E-state index in [9.17, 15) is 9.90 Å². The Morgan fingerprint density at radius 1 is 1.13 bits per heavy atom. The minimum atomic E-state index is -0.674. The second-order valence-electron chi connectivity index (χ2n) is 9.50. The van der Waals surface area contributed by atoms with E-state index in [-0.39, 0.29) is 25.1 Å². The molecule has 0 saturated heterocycles. The second-order valence-corrected chi connectivity index (χ2v) is 10.5. The number of aliphatic hydroxyl groups excluding tert-OH is 1. The molecular weight excluding hydrogens is 500 g/mol. The molecule has 4 rings (SSSR count). The number of fused-ring (bicyclic) bond motifs is 1. The van der Waals surface area contributed by atoms with Crippen LogP contribution in [0.3, 0.4) is 0 Å². The Labute approximate surface area is 229 Å². The van der Waals surface area contributed by atoms with E-state index in [2.05, 4.69) is 18.4 Å². The van der Waals surface area contributed by atoms with E-state index in [1.165, 1.54) is 4.88 Å². The summed E-state index contributed by atoms with van der Waals surface area (Å²) in [5.74, 6) is 1.38. The van der Waals surface area contributed by atoms with Gasteiger partial charge < -0.3 is 24.2 Å². The number of hydrogen-bond donors (Lipinski definition) is 1. The maximum atomic E-state index is 13.6. The highest BCUT2D eigenvalue weighted by Gasteiger charge is 2.33. The molecule has 204 valence electrons. The van der Waals surface area contributed by atoms with E-state index in [1.54, 1.807) is 18.4 Å². The van der Waals surface area contributed by atoms with Crippen LogP contribution >= 0.6 is 11.3 Å². The lowest BCUT2D eigenvalue weighted by molar-refractivity contribution is -0.136. The van der Waals surface area contributed by atoms with Crippen molar-refractivity contribution in [3.05, 3.63) is 82.0 Å². The molecule has 1 aliphatic heterocycles. The molecule has 2 atom stereocenters. The number of thiophene rings is 1. The summed E-state index contributed by atoms with van der Waals surface area (Å²) in [6.45, 7) is 5.10. The fraction of sp³-hybridized carbons (Fsp3) is 0.433. The van der Waals surface area contributed by atoms with Crippen molar-refractivity contribution < 1.29 is 24.1 Å². The van der Waals surface area contributed by atoms with Crippen LogP contribution in [0, 0.1) is 0 Å². The second kappa shape index (κ2) is 14.3. The molecule has 1 N–H and O–H groups in total. The van der Waals surface area contributed by atoms with E-state index in [0.717, 1.165) is 30.5 Å². The van der Waals surface area contributed by atoms with Crippen molar-refractivity contribution in [2.45, 2.75) is 38.5 Å². The average Bonchev–Trinajstić information content (AvgIpc) is 3.42. The van der Waals surface area contributed by atoms with Crippen molar-refractivity contribution in [2.75, 3.05) is 46.5 Å². The lowest BCUT2D eigenvalue weighted by Crippen LogP contribution is -2.48. The van der Waals surface area contributed by atoms with Crippen molar-refractivity contribution in [3.63, 3.8) is 0 Å². The van der Waals surface area contributed by atoms with Gasteiger partial charge in [-0.1, -0.05) is 49.4 Å². The largest absolute Gasteiger partial charge is 0.493 e. The zero-order chi connectivity index (χ0) is 26.7. The van der Waals surface area contributed by atoms with Crippen LogP contribution in [0.4, 0.5) is 0 Å². The summed E-state index contributed by atoms with van der Waals surface area (Å²) in [7, 11) is 1.62. The van der Waals surface area contributed by atoms with Gasteiger partial charge in [0.15, 0.2) is 11.5 Å². The lowest BCUT2D eigenvalue weighted by atomic mass is 10.0. The molecule has 0 saturated carbocycles. The molecule has 3 aromatic rings. The Kier molecular flexibility index (Phi) is 10.6. The van der Waals surface area contributed by atoms with Crippen LogP contribution in [0.5, 0.6) is 11.5 Å². The number of carbonyl (C=O) groups is 1. The van der Waals surface area contributed by atoms with Crippen molar-refractivity contribution in [3.8, 4) is 11.5 Å². The first-order chi connectivity index (χ1) is 18.6. The Morgan fingerprint density at radius 2 is 1.89 bits per heavy atom. The molecule has 38 heavy (non-hydrogen) atoms. The lowest BCUT2D eigenvalue weighted by Gasteiger charge is -2.37. The van der Waals surface area contributed by atoms with Crippen LogP contribution in [-0.4, -0.2) is 73.4 Å². The number of nitrogens with zero attached hydrogens (tertiary/aromatic N) is 2. The van der Waals surface area contributed by atoms with Gasteiger partial charge in [0.1, 0.15) is 6.61 Å². The molecule has 7 nitrogen and oxygen atoms in total. The van der Waals surface area contributed by atoms with Crippen LogP contribution in [0.15, 0.2) is 66.0 Å². The number of para-hydroxylation sites is 2. The van der Waals surface area contributed by atoms with Crippen molar-refractivity contribution in [2.24, 2.45) is 0 Å². The van der Waals surface area contributed by atoms with Crippen molar-refractivity contribution in [1.29, 1.82) is 0 Å². The van der Waals surface area contributed by atoms with Crippen LogP contribution < -0.4 is 9.47 Å². The number of aliphatic hydroxyl groups is 1. The van der Waals surface area contributed by atoms with Gasteiger partial charge in [-0.25, -0.2) is 0 Å². The van der Waals surface area contributed by atoms with Crippen molar-refractivity contribution in [1.82, 2.24) is 9.80 Å². The summed E-state index contributed by atoms with van der Waals surface area (Å²) in [4.78, 5) is 18.9. The maximum Gasteiger partial charge on any atom is 0.237 e. The standard InChI is InChI=1S/C30H38N2O5S/c1-3-15-31(18-24(33)21-36-20-23-9-5-4-6-10-23)19-30(34)32-16-13-29-25(14-17-38-29)26(32)22-37-28-12-8-7-11-27(28)35-2/h4-12,14,17,24,26,33H,3,13,15-16,18-22H2,1-2H3/t24-,26-/m1/s1. The summed E-state index contributed by atoms with van der Waals surface area (Å²) in [6.07, 6.45) is 1.06. The Balaban J connectivity index is 1.37. The van der Waals surface area contributed by atoms with Gasteiger partial charge in [0, 0.05) is 18.0 Å². The monoisotopic (exact) mass is 538 g/mol. The fourth-order valence-corrected chi connectivity index (χ4v) is 5.78. The van der Waals surface area contributed by atoms with Crippen LogP contribution in [0.1, 0.15) is 35.4 Å². The van der Waals surface area contributed by atoms with Gasteiger partial charge >= 0.3 is 0 Å². The minimum Gasteiger partial charge on any atom is -0.493 e. The Hall–Kier alpha value is -2.91. The fourth-order valence-electron chi connectivity index (χ4n) is 4.85. The average molecular weight is 539 g/mol. The summed E-state index contributed by atoms with van der Waals surface area (Å²) in [5, 5.41) is 12.7. The molecule has 0 bridgehead atoms. The van der Waals surface area contributed by atoms with Crippen molar-refractivity contribution >= 4 is 17.2 Å². The first-order valence-corrected chi connectivity index (χ1v) is 14.1. The highest BCUT2D eigenvalue weighted by Crippen LogP contribution is 2.35. The first kappa shape index (κ1) is 28.1. The zero-order valence-corrected chi connectivity index (χ0v) is 23.1. The predicted molar refractivity (Wildman–Crippen MR) is 150 cm³/mol. The smallest absolute Gasteiger partial charge is 0.237 e.